The van der Waals surface area contributed by atoms with Crippen molar-refractivity contribution in [3.63, 3.8) is 0 Å². The van der Waals surface area contributed by atoms with Crippen molar-refractivity contribution in [3.8, 4) is 27.9 Å². The van der Waals surface area contributed by atoms with Crippen molar-refractivity contribution in [1.82, 2.24) is 4.57 Å². The molecule has 3 nitrogen and oxygen atoms in total. The number of anilines is 3. The minimum atomic E-state index is -0.0964. The van der Waals surface area contributed by atoms with Crippen LogP contribution >= 0.6 is 0 Å². The molecule has 9 aromatic carbocycles. The first-order valence-electron chi connectivity index (χ1n) is 20.1. The quantitative estimate of drug-likeness (QED) is 0.175. The van der Waals surface area contributed by atoms with E-state index in [0.29, 0.717) is 0 Å². The highest BCUT2D eigenvalue weighted by atomic mass is 16.3. The first-order chi connectivity index (χ1) is 28.5. The molecule has 11 aromatic rings. The molecule has 1 aliphatic rings. The summed E-state index contributed by atoms with van der Waals surface area (Å²) in [6.45, 7) is 4.69. The summed E-state index contributed by atoms with van der Waals surface area (Å²) in [5, 5.41) is 7.16. The van der Waals surface area contributed by atoms with E-state index in [1.54, 1.807) is 0 Å². The minimum Gasteiger partial charge on any atom is -0.456 e. The highest BCUT2D eigenvalue weighted by molar-refractivity contribution is 6.28. The number of hydrogen-bond donors (Lipinski definition) is 0. The van der Waals surface area contributed by atoms with E-state index in [4.69, 9.17) is 4.42 Å². The normalized spacial score (nSPS) is 13.1. The van der Waals surface area contributed by atoms with Gasteiger partial charge in [-0.3, -0.25) is 0 Å². The molecule has 0 saturated heterocycles. The lowest BCUT2D eigenvalue weighted by Gasteiger charge is -2.28. The Morgan fingerprint density at radius 1 is 0.431 bits per heavy atom. The van der Waals surface area contributed by atoms with Gasteiger partial charge in [0.1, 0.15) is 11.2 Å². The fraction of sp³-hybridized carbons (Fsp3) is 0.0545. The Kier molecular flexibility index (Phi) is 6.98. The predicted octanol–water partition coefficient (Wildman–Crippen LogP) is 15.3. The first kappa shape index (κ1) is 32.8. The third kappa shape index (κ3) is 4.68. The number of benzene rings is 9. The van der Waals surface area contributed by atoms with E-state index in [2.05, 4.69) is 217 Å². The number of furan rings is 1. The van der Waals surface area contributed by atoms with Gasteiger partial charge in [0.05, 0.1) is 11.0 Å². The van der Waals surface area contributed by atoms with Gasteiger partial charge in [-0.25, -0.2) is 0 Å². The molecule has 58 heavy (non-hydrogen) atoms. The predicted molar refractivity (Wildman–Crippen MR) is 243 cm³/mol. The van der Waals surface area contributed by atoms with Gasteiger partial charge < -0.3 is 13.9 Å². The molecule has 0 bridgehead atoms. The molecule has 0 radical (unpaired) electrons. The molecule has 0 N–H and O–H groups in total. The van der Waals surface area contributed by atoms with Crippen LogP contribution in [-0.2, 0) is 5.41 Å². The van der Waals surface area contributed by atoms with Gasteiger partial charge >= 0.3 is 0 Å². The van der Waals surface area contributed by atoms with Gasteiger partial charge in [0.25, 0.3) is 0 Å². The Morgan fingerprint density at radius 2 is 1.07 bits per heavy atom. The lowest BCUT2D eigenvalue weighted by Crippen LogP contribution is -2.16. The molecule has 0 unspecified atom stereocenters. The fourth-order valence-corrected chi connectivity index (χ4v) is 9.93. The Balaban J connectivity index is 1.08. The molecule has 1 aliphatic carbocycles. The van der Waals surface area contributed by atoms with Crippen LogP contribution in [0.1, 0.15) is 25.0 Å². The van der Waals surface area contributed by atoms with Gasteiger partial charge in [-0.1, -0.05) is 141 Å². The second-order valence-electron chi connectivity index (χ2n) is 16.1. The van der Waals surface area contributed by atoms with Crippen LogP contribution in [-0.4, -0.2) is 4.57 Å². The van der Waals surface area contributed by atoms with E-state index in [1.807, 2.05) is 0 Å². The van der Waals surface area contributed by atoms with Crippen molar-refractivity contribution in [2.45, 2.75) is 19.3 Å². The highest BCUT2D eigenvalue weighted by Gasteiger charge is 2.35. The summed E-state index contributed by atoms with van der Waals surface area (Å²) in [7, 11) is 0. The summed E-state index contributed by atoms with van der Waals surface area (Å²) in [4.78, 5) is 2.38. The van der Waals surface area contributed by atoms with Gasteiger partial charge in [-0.2, -0.15) is 0 Å². The average molecular weight is 743 g/mol. The molecule has 0 amide bonds. The van der Waals surface area contributed by atoms with Crippen molar-refractivity contribution in [2.75, 3.05) is 4.90 Å². The summed E-state index contributed by atoms with van der Waals surface area (Å²) >= 11 is 0. The van der Waals surface area contributed by atoms with Crippen LogP contribution < -0.4 is 4.90 Å². The third-order valence-electron chi connectivity index (χ3n) is 12.6. The smallest absolute Gasteiger partial charge is 0.138 e. The third-order valence-corrected chi connectivity index (χ3v) is 12.6. The zero-order valence-corrected chi connectivity index (χ0v) is 32.3. The number of fused-ring (bicyclic) bond motifs is 10. The minimum absolute atomic E-state index is 0.0964. The maximum atomic E-state index is 6.72. The lowest BCUT2D eigenvalue weighted by atomic mass is 9.82. The van der Waals surface area contributed by atoms with Gasteiger partial charge in [0.15, 0.2) is 0 Å². The molecule has 12 rings (SSSR count). The molecule has 274 valence electrons. The maximum absolute atomic E-state index is 6.72. The number of aromatic nitrogens is 1. The average Bonchev–Trinajstić information content (AvgIpc) is 3.89. The van der Waals surface area contributed by atoms with Crippen LogP contribution in [0.25, 0.3) is 82.5 Å². The van der Waals surface area contributed by atoms with Gasteiger partial charge in [0.2, 0.25) is 0 Å². The topological polar surface area (TPSA) is 21.3 Å². The van der Waals surface area contributed by atoms with Crippen LogP contribution in [0, 0.1) is 0 Å². The SMILES string of the molecule is CC1(C)c2ccccc2-c2ccc(N(c3ccccc3)c3ccc(-n4c5ccccc5c5c(-c6cccc7ccccc67)c6c(cc54)oc4ccccc46)cc3)cc21. The fourth-order valence-electron chi connectivity index (χ4n) is 9.93. The van der Waals surface area contributed by atoms with E-state index in [9.17, 15) is 0 Å². The molecule has 3 heteroatoms. The zero-order chi connectivity index (χ0) is 38.5. The molecule has 0 aliphatic heterocycles. The summed E-state index contributed by atoms with van der Waals surface area (Å²) in [6.07, 6.45) is 0. The van der Waals surface area contributed by atoms with E-state index < -0.39 is 0 Å². The highest BCUT2D eigenvalue weighted by Crippen LogP contribution is 2.51. The van der Waals surface area contributed by atoms with Gasteiger partial charge in [-0.05, 0) is 99.3 Å². The van der Waals surface area contributed by atoms with Crippen molar-refractivity contribution < 1.29 is 4.42 Å². The van der Waals surface area contributed by atoms with Crippen LogP contribution in [0.2, 0.25) is 0 Å². The number of rotatable bonds is 5. The summed E-state index contributed by atoms with van der Waals surface area (Å²) in [5.74, 6) is 0. The van der Waals surface area contributed by atoms with Crippen molar-refractivity contribution >= 4 is 71.6 Å². The molecule has 2 heterocycles. The lowest BCUT2D eigenvalue weighted by molar-refractivity contribution is 0.660. The molecular weight excluding hydrogens is 705 g/mol. The van der Waals surface area contributed by atoms with Crippen LogP contribution in [0.15, 0.2) is 199 Å². The first-order valence-corrected chi connectivity index (χ1v) is 20.1. The van der Waals surface area contributed by atoms with E-state index >= 15 is 0 Å². The number of hydrogen-bond acceptors (Lipinski definition) is 2. The Labute approximate surface area is 336 Å². The molecule has 2 aromatic heterocycles. The van der Waals surface area contributed by atoms with Crippen LogP contribution in [0.5, 0.6) is 0 Å². The Hall–Kier alpha value is -7.36. The van der Waals surface area contributed by atoms with Crippen molar-refractivity contribution in [1.29, 1.82) is 0 Å². The maximum Gasteiger partial charge on any atom is 0.138 e. The molecule has 0 saturated carbocycles. The number of para-hydroxylation sites is 3. The standard InChI is InChI=1S/C55H38N2O/c1-55(2)46-24-11-8-20-41(46)42-32-31-39(33-47(42)55)56(36-17-4-3-5-18-36)37-27-29-38(30-28-37)57-48-25-12-9-21-44(48)52-49(57)34-51-53(45-22-10-13-26-50(45)58-51)54(52)43-23-14-16-35-15-6-7-19-40(35)43/h3-34H,1-2H3. The molecule has 0 spiro atoms. The van der Waals surface area contributed by atoms with E-state index in [0.717, 1.165) is 55.7 Å². The van der Waals surface area contributed by atoms with E-state index in [-0.39, 0.29) is 5.41 Å². The van der Waals surface area contributed by atoms with Gasteiger partial charge in [-0.15, -0.1) is 0 Å². The van der Waals surface area contributed by atoms with Crippen LogP contribution in [0.4, 0.5) is 17.1 Å². The summed E-state index contributed by atoms with van der Waals surface area (Å²) in [6, 6.07) is 70.5. The second-order valence-corrected chi connectivity index (χ2v) is 16.1. The zero-order valence-electron chi connectivity index (χ0n) is 32.3. The Morgan fingerprint density at radius 3 is 1.93 bits per heavy atom. The van der Waals surface area contributed by atoms with Crippen molar-refractivity contribution in [2.24, 2.45) is 0 Å². The number of nitrogens with zero attached hydrogens (tertiary/aromatic N) is 2. The molecule has 0 fully saturated rings. The monoisotopic (exact) mass is 742 g/mol. The summed E-state index contributed by atoms with van der Waals surface area (Å²) in [5.41, 5.74) is 16.2. The Bertz CT molecular complexity index is 3420. The summed E-state index contributed by atoms with van der Waals surface area (Å²) < 4.78 is 9.13. The largest absolute Gasteiger partial charge is 0.456 e. The van der Waals surface area contributed by atoms with Crippen LogP contribution in [0.3, 0.4) is 0 Å². The second kappa shape index (κ2) is 12.3. The molecular formula is C55H38N2O. The molecule has 0 atom stereocenters. The van der Waals surface area contributed by atoms with Crippen molar-refractivity contribution in [3.05, 3.63) is 205 Å². The van der Waals surface area contributed by atoms with Gasteiger partial charge in [0, 0.05) is 61.3 Å². The van der Waals surface area contributed by atoms with E-state index in [1.165, 1.54) is 54.9 Å².